The Bertz CT molecular complexity index is 833. The fraction of sp³-hybridized carbons (Fsp3) is 0.360. The minimum Gasteiger partial charge on any atom is -0.496 e. The zero-order valence-corrected chi connectivity index (χ0v) is 16.7. The van der Waals surface area contributed by atoms with Crippen LogP contribution in [0.2, 0.25) is 0 Å². The van der Waals surface area contributed by atoms with Gasteiger partial charge < -0.3 is 10.1 Å². The first-order valence-corrected chi connectivity index (χ1v) is 10.4. The molecule has 0 spiro atoms. The van der Waals surface area contributed by atoms with Crippen LogP contribution in [0.4, 0.5) is 0 Å². The van der Waals surface area contributed by atoms with Gasteiger partial charge in [-0.3, -0.25) is 4.90 Å². The number of hydrogen-bond acceptors (Lipinski definition) is 3. The van der Waals surface area contributed by atoms with Gasteiger partial charge in [-0.05, 0) is 61.9 Å². The number of hydrogen-bond donors (Lipinski definition) is 1. The molecule has 0 aromatic heterocycles. The van der Waals surface area contributed by atoms with E-state index in [9.17, 15) is 0 Å². The lowest BCUT2D eigenvalue weighted by molar-refractivity contribution is 0.224. The second-order valence-corrected chi connectivity index (χ2v) is 7.71. The summed E-state index contributed by atoms with van der Waals surface area (Å²) in [4.78, 5) is 2.58. The van der Waals surface area contributed by atoms with E-state index >= 15 is 0 Å². The summed E-state index contributed by atoms with van der Waals surface area (Å²) in [5, 5.41) is 3.70. The summed E-state index contributed by atoms with van der Waals surface area (Å²) in [7, 11) is 1.77. The summed E-state index contributed by atoms with van der Waals surface area (Å²) < 4.78 is 5.58. The predicted octanol–water partition coefficient (Wildman–Crippen LogP) is 5.18. The maximum absolute atomic E-state index is 5.58. The average molecular weight is 375 g/mol. The molecule has 0 amide bonds. The zero-order valence-electron chi connectivity index (χ0n) is 16.7. The third-order valence-corrected chi connectivity index (χ3v) is 5.85. The van der Waals surface area contributed by atoms with Crippen LogP contribution in [0.3, 0.4) is 0 Å². The van der Waals surface area contributed by atoms with E-state index in [1.165, 1.54) is 35.4 Å². The highest BCUT2D eigenvalue weighted by atomic mass is 16.5. The lowest BCUT2D eigenvalue weighted by Crippen LogP contribution is -2.36. The van der Waals surface area contributed by atoms with E-state index in [1.807, 2.05) is 0 Å². The summed E-state index contributed by atoms with van der Waals surface area (Å²) in [5.41, 5.74) is 5.22. The average Bonchev–Trinajstić information content (AvgIpc) is 3.00. The van der Waals surface area contributed by atoms with Gasteiger partial charge in [-0.2, -0.15) is 0 Å². The molecule has 1 saturated heterocycles. The summed E-state index contributed by atoms with van der Waals surface area (Å²) >= 11 is 0. The molecule has 2 heterocycles. The Labute approximate surface area is 168 Å². The van der Waals surface area contributed by atoms with Crippen LogP contribution in [0, 0.1) is 0 Å². The molecule has 0 unspecified atom stereocenters. The lowest BCUT2D eigenvalue weighted by Gasteiger charge is -2.33. The van der Waals surface area contributed by atoms with Crippen molar-refractivity contribution in [1.29, 1.82) is 0 Å². The number of para-hydroxylation sites is 1. The Morgan fingerprint density at radius 2 is 1.64 bits per heavy atom. The summed E-state index contributed by atoms with van der Waals surface area (Å²) in [5.74, 6) is 1.63. The standard InChI is InChI=1S/C25H30N2O/c1-28-25-14-8-6-12-23(25)20-15-17-27(18-16-20)19-22-11-5-7-13-24(26-22)21-9-3-2-4-10-21/h2-4,6,8-14,20,26H,5,7,15-19H2,1H3. The van der Waals surface area contributed by atoms with Crippen molar-refractivity contribution >= 4 is 5.70 Å². The highest BCUT2D eigenvalue weighted by molar-refractivity contribution is 5.65. The van der Waals surface area contributed by atoms with Gasteiger partial charge in [0.25, 0.3) is 0 Å². The van der Waals surface area contributed by atoms with Crippen LogP contribution in [0.25, 0.3) is 5.70 Å². The number of likely N-dealkylation sites (tertiary alicyclic amines) is 1. The maximum atomic E-state index is 5.58. The predicted molar refractivity (Wildman–Crippen MR) is 116 cm³/mol. The number of rotatable bonds is 5. The van der Waals surface area contributed by atoms with Crippen LogP contribution in [-0.4, -0.2) is 31.6 Å². The van der Waals surface area contributed by atoms with Crippen LogP contribution in [0.5, 0.6) is 5.75 Å². The summed E-state index contributed by atoms with van der Waals surface area (Å²) in [6.07, 6.45) is 9.28. The van der Waals surface area contributed by atoms with Crippen molar-refractivity contribution in [2.45, 2.75) is 31.6 Å². The molecule has 0 saturated carbocycles. The third-order valence-electron chi connectivity index (χ3n) is 5.85. The van der Waals surface area contributed by atoms with Crippen molar-refractivity contribution in [2.75, 3.05) is 26.7 Å². The summed E-state index contributed by atoms with van der Waals surface area (Å²) in [6, 6.07) is 19.1. The molecule has 3 nitrogen and oxygen atoms in total. The SMILES string of the molecule is COc1ccccc1C1CCN(CC2=CCCC=C(c3ccccc3)N2)CC1. The molecule has 0 bridgehead atoms. The second-order valence-electron chi connectivity index (χ2n) is 7.71. The van der Waals surface area contributed by atoms with E-state index in [1.54, 1.807) is 7.11 Å². The molecule has 2 aromatic carbocycles. The normalized spacial score (nSPS) is 18.6. The largest absolute Gasteiger partial charge is 0.496 e. The van der Waals surface area contributed by atoms with Crippen LogP contribution >= 0.6 is 0 Å². The van der Waals surface area contributed by atoms with Crippen molar-refractivity contribution in [3.63, 3.8) is 0 Å². The molecular formula is C25H30N2O. The fourth-order valence-electron chi connectivity index (χ4n) is 4.32. The van der Waals surface area contributed by atoms with E-state index in [0.29, 0.717) is 5.92 Å². The molecule has 2 aromatic rings. The topological polar surface area (TPSA) is 24.5 Å². The molecule has 1 fully saturated rings. The van der Waals surface area contributed by atoms with Crippen LogP contribution in [-0.2, 0) is 0 Å². The Morgan fingerprint density at radius 3 is 2.43 bits per heavy atom. The van der Waals surface area contributed by atoms with Gasteiger partial charge in [0.2, 0.25) is 0 Å². The monoisotopic (exact) mass is 374 g/mol. The number of piperidine rings is 1. The molecule has 3 heteroatoms. The van der Waals surface area contributed by atoms with E-state index in [-0.39, 0.29) is 0 Å². The second kappa shape index (κ2) is 9.11. The third kappa shape index (κ3) is 4.48. The van der Waals surface area contributed by atoms with Crippen molar-refractivity contribution in [2.24, 2.45) is 0 Å². The first-order valence-electron chi connectivity index (χ1n) is 10.4. The molecule has 2 aliphatic heterocycles. The molecule has 0 atom stereocenters. The fourth-order valence-corrected chi connectivity index (χ4v) is 4.32. The zero-order chi connectivity index (χ0) is 19.2. The van der Waals surface area contributed by atoms with E-state index in [0.717, 1.165) is 38.2 Å². The number of nitrogens with zero attached hydrogens (tertiary/aromatic N) is 1. The highest BCUT2D eigenvalue weighted by Gasteiger charge is 2.23. The number of benzene rings is 2. The Morgan fingerprint density at radius 1 is 0.929 bits per heavy atom. The van der Waals surface area contributed by atoms with Crippen molar-refractivity contribution < 1.29 is 4.74 Å². The molecule has 0 radical (unpaired) electrons. The maximum Gasteiger partial charge on any atom is 0.122 e. The summed E-state index contributed by atoms with van der Waals surface area (Å²) in [6.45, 7) is 3.26. The van der Waals surface area contributed by atoms with E-state index in [4.69, 9.17) is 4.74 Å². The van der Waals surface area contributed by atoms with Gasteiger partial charge in [0, 0.05) is 17.9 Å². The molecule has 2 aliphatic rings. The minimum atomic E-state index is 0.600. The Kier molecular flexibility index (Phi) is 6.13. The lowest BCUT2D eigenvalue weighted by atomic mass is 9.89. The van der Waals surface area contributed by atoms with Crippen molar-refractivity contribution in [1.82, 2.24) is 10.2 Å². The van der Waals surface area contributed by atoms with Crippen LogP contribution in [0.15, 0.2) is 72.4 Å². The van der Waals surface area contributed by atoms with Gasteiger partial charge in [0.15, 0.2) is 0 Å². The van der Waals surface area contributed by atoms with E-state index in [2.05, 4.69) is 77.0 Å². The number of methoxy groups -OCH3 is 1. The number of ether oxygens (including phenoxy) is 1. The smallest absolute Gasteiger partial charge is 0.122 e. The van der Waals surface area contributed by atoms with Gasteiger partial charge in [-0.25, -0.2) is 0 Å². The first-order chi connectivity index (χ1) is 13.8. The van der Waals surface area contributed by atoms with E-state index < -0.39 is 0 Å². The van der Waals surface area contributed by atoms with Gasteiger partial charge in [0.1, 0.15) is 5.75 Å². The van der Waals surface area contributed by atoms with Crippen molar-refractivity contribution in [3.05, 3.63) is 83.6 Å². The molecule has 4 rings (SSSR count). The van der Waals surface area contributed by atoms with Crippen LogP contribution < -0.4 is 10.1 Å². The van der Waals surface area contributed by atoms with Gasteiger partial charge in [-0.15, -0.1) is 0 Å². The number of nitrogens with one attached hydrogen (secondary N) is 1. The Balaban J connectivity index is 1.36. The molecule has 146 valence electrons. The number of allylic oxidation sites excluding steroid dienone is 2. The molecular weight excluding hydrogens is 344 g/mol. The highest BCUT2D eigenvalue weighted by Crippen LogP contribution is 2.34. The van der Waals surface area contributed by atoms with Gasteiger partial charge >= 0.3 is 0 Å². The molecule has 1 N–H and O–H groups in total. The van der Waals surface area contributed by atoms with Crippen LogP contribution in [0.1, 0.15) is 42.7 Å². The molecule has 28 heavy (non-hydrogen) atoms. The van der Waals surface area contributed by atoms with Gasteiger partial charge in [0.05, 0.1) is 7.11 Å². The van der Waals surface area contributed by atoms with Gasteiger partial charge in [-0.1, -0.05) is 60.7 Å². The quantitative estimate of drug-likeness (QED) is 0.780. The molecule has 0 aliphatic carbocycles. The minimum absolute atomic E-state index is 0.600. The Hall–Kier alpha value is -2.52. The van der Waals surface area contributed by atoms with Crippen molar-refractivity contribution in [3.8, 4) is 5.75 Å². The first kappa shape index (κ1) is 18.8.